The zero-order valence-corrected chi connectivity index (χ0v) is 30.8. The van der Waals surface area contributed by atoms with Crippen molar-refractivity contribution in [3.8, 4) is 11.6 Å². The molecule has 1 aromatic heterocycles. The number of methoxy groups -OCH3 is 1. The highest BCUT2D eigenvalue weighted by Gasteiger charge is 2.63. The van der Waals surface area contributed by atoms with E-state index in [0.29, 0.717) is 11.1 Å². The van der Waals surface area contributed by atoms with E-state index in [0.717, 1.165) is 19.2 Å². The van der Waals surface area contributed by atoms with Gasteiger partial charge in [-0.1, -0.05) is 6.92 Å². The summed E-state index contributed by atoms with van der Waals surface area (Å²) in [6.07, 6.45) is -3.86. The molecule has 5 unspecified atom stereocenters. The number of rotatable bonds is 14. The number of carbonyl (C=O) groups excluding carboxylic acids is 3. The van der Waals surface area contributed by atoms with Crippen LogP contribution in [0.4, 0.5) is 17.6 Å². The number of ether oxygens (including phenoxy) is 3. The quantitative estimate of drug-likeness (QED) is 0.192. The molecule has 52 heavy (non-hydrogen) atoms. The number of hydrogen-bond acceptors (Lipinski definition) is 10. The number of nitrogens with zero attached hydrogens (tertiary/aromatic N) is 2. The Labute approximate surface area is 299 Å². The van der Waals surface area contributed by atoms with Crippen LogP contribution in [0.2, 0.25) is 0 Å². The zero-order valence-electron chi connectivity index (χ0n) is 30.0. The average Bonchev–Trinajstić information content (AvgIpc) is 3.93. The molecule has 0 spiro atoms. The van der Waals surface area contributed by atoms with Crippen LogP contribution in [0, 0.1) is 5.92 Å². The maximum Gasteiger partial charge on any atom is 0.416 e. The van der Waals surface area contributed by atoms with Crippen LogP contribution in [-0.2, 0) is 29.1 Å². The lowest BCUT2D eigenvalue weighted by Crippen LogP contribution is -2.60. The lowest BCUT2D eigenvalue weighted by Gasteiger charge is -2.39. The fourth-order valence-corrected chi connectivity index (χ4v) is 8.07. The zero-order chi connectivity index (χ0) is 38.7. The molecule has 3 aliphatic rings. The Kier molecular flexibility index (Phi) is 10.3. The Balaban J connectivity index is 1.39. The maximum absolute atomic E-state index is 14.0. The van der Waals surface area contributed by atoms with Crippen molar-refractivity contribution < 1.29 is 54.6 Å². The number of aromatic nitrogens is 1. The minimum Gasteiger partial charge on any atom is -0.497 e. The van der Waals surface area contributed by atoms with Crippen LogP contribution in [0.25, 0.3) is 10.8 Å². The van der Waals surface area contributed by atoms with E-state index < -0.39 is 86.3 Å². The second-order valence-corrected chi connectivity index (χ2v) is 17.1. The molecule has 0 radical (unpaired) electrons. The molecule has 1 aliphatic heterocycles. The number of hydrogen-bond donors (Lipinski definition) is 3. The smallest absolute Gasteiger partial charge is 0.416 e. The Morgan fingerprint density at radius 3 is 2.33 bits per heavy atom. The van der Waals surface area contributed by atoms with E-state index in [-0.39, 0.29) is 38.1 Å². The first-order valence-corrected chi connectivity index (χ1v) is 18.4. The molecule has 2 heterocycles. The number of alkyl halides is 4. The molecule has 1 saturated heterocycles. The van der Waals surface area contributed by atoms with Crippen molar-refractivity contribution in [1.29, 1.82) is 0 Å². The Morgan fingerprint density at radius 1 is 1.12 bits per heavy atom. The molecule has 2 aromatic rings. The van der Waals surface area contributed by atoms with Crippen LogP contribution in [0.1, 0.15) is 67.2 Å². The highest BCUT2D eigenvalue weighted by molar-refractivity contribution is 7.91. The Hall–Kier alpha value is -3.77. The van der Waals surface area contributed by atoms with E-state index >= 15 is 0 Å². The number of nitrogens with one attached hydrogen (secondary N) is 3. The molecule has 3 fully saturated rings. The Bertz CT molecular complexity index is 1840. The van der Waals surface area contributed by atoms with Gasteiger partial charge in [-0.25, -0.2) is 17.8 Å². The number of amides is 3. The van der Waals surface area contributed by atoms with Crippen LogP contribution < -0.4 is 24.8 Å². The summed E-state index contributed by atoms with van der Waals surface area (Å²) in [4.78, 5) is 47.0. The van der Waals surface area contributed by atoms with Gasteiger partial charge < -0.3 is 24.4 Å². The molecule has 2 saturated carbocycles. The lowest BCUT2D eigenvalue weighted by molar-refractivity contribution is -0.297. The van der Waals surface area contributed by atoms with Gasteiger partial charge in [0, 0.05) is 18.0 Å². The summed E-state index contributed by atoms with van der Waals surface area (Å²) in [5, 5.41) is 6.82. The highest BCUT2D eigenvalue weighted by Crippen LogP contribution is 2.47. The summed E-state index contributed by atoms with van der Waals surface area (Å²) < 4.78 is 97.3. The summed E-state index contributed by atoms with van der Waals surface area (Å²) in [6.45, 7) is 6.15. The average molecular weight is 760 g/mol. The SMILES string of the molecule is COc1ccc2c(OC3CC(C(=O)NC4(C(=O)NS(=O)(=O)C5(CF)CC5)CC4C)N(C(=O)C(C)NC(C)(C)OC(C)(C)C(F)(F)F)C3)nccc2c1. The Morgan fingerprint density at radius 2 is 1.77 bits per heavy atom. The number of pyridine rings is 1. The van der Waals surface area contributed by atoms with E-state index in [2.05, 4.69) is 15.6 Å². The molecule has 3 amide bonds. The molecular weight excluding hydrogens is 714 g/mol. The van der Waals surface area contributed by atoms with Gasteiger partial charge in [-0.3, -0.25) is 24.4 Å². The van der Waals surface area contributed by atoms with E-state index in [4.69, 9.17) is 14.2 Å². The van der Waals surface area contributed by atoms with Gasteiger partial charge in [-0.15, -0.1) is 0 Å². The molecule has 13 nitrogen and oxygen atoms in total. The number of sulfonamides is 1. The van der Waals surface area contributed by atoms with E-state index in [1.807, 2.05) is 4.72 Å². The molecule has 0 bridgehead atoms. The third-order valence-electron chi connectivity index (χ3n) is 10.1. The number of carbonyl (C=O) groups is 3. The van der Waals surface area contributed by atoms with Crippen molar-refractivity contribution in [3.63, 3.8) is 0 Å². The van der Waals surface area contributed by atoms with Crippen molar-refractivity contribution in [3.05, 3.63) is 30.5 Å². The van der Waals surface area contributed by atoms with Crippen LogP contribution in [0.3, 0.4) is 0 Å². The normalized spacial score (nSPS) is 25.0. The van der Waals surface area contributed by atoms with Gasteiger partial charge >= 0.3 is 6.18 Å². The van der Waals surface area contributed by atoms with Gasteiger partial charge in [-0.2, -0.15) is 13.2 Å². The number of fused-ring (bicyclic) bond motifs is 1. The molecular formula is C34H45F4N5O8S. The minimum absolute atomic E-state index is 0.0580. The molecule has 1 aromatic carbocycles. The topological polar surface area (TPSA) is 165 Å². The first-order valence-electron chi connectivity index (χ1n) is 16.9. The number of benzene rings is 1. The van der Waals surface area contributed by atoms with E-state index in [9.17, 15) is 40.4 Å². The van der Waals surface area contributed by atoms with Crippen molar-refractivity contribution in [1.82, 2.24) is 25.2 Å². The summed E-state index contributed by atoms with van der Waals surface area (Å²) >= 11 is 0. The fourth-order valence-electron chi connectivity index (χ4n) is 6.65. The summed E-state index contributed by atoms with van der Waals surface area (Å²) in [5.74, 6) is -2.13. The molecule has 5 rings (SSSR count). The van der Waals surface area contributed by atoms with Gasteiger partial charge in [0.15, 0.2) is 5.60 Å². The molecule has 5 atom stereocenters. The van der Waals surface area contributed by atoms with Crippen molar-refractivity contribution >= 4 is 38.5 Å². The highest BCUT2D eigenvalue weighted by atomic mass is 32.2. The molecule has 18 heteroatoms. The molecule has 288 valence electrons. The second kappa shape index (κ2) is 13.6. The minimum atomic E-state index is -4.71. The number of likely N-dealkylation sites (tertiary alicyclic amines) is 1. The van der Waals surface area contributed by atoms with Crippen LogP contribution in [-0.4, -0.2) is 102 Å². The summed E-state index contributed by atoms with van der Waals surface area (Å²) in [5.41, 5.74) is -5.86. The monoisotopic (exact) mass is 759 g/mol. The van der Waals surface area contributed by atoms with Crippen LogP contribution in [0.15, 0.2) is 30.5 Å². The van der Waals surface area contributed by atoms with Gasteiger partial charge in [0.1, 0.15) is 40.6 Å². The predicted octanol–water partition coefficient (Wildman–Crippen LogP) is 3.51. The van der Waals surface area contributed by atoms with Crippen molar-refractivity contribution in [2.24, 2.45) is 5.92 Å². The van der Waals surface area contributed by atoms with Crippen LogP contribution in [0.5, 0.6) is 11.6 Å². The van der Waals surface area contributed by atoms with Crippen molar-refractivity contribution in [2.75, 3.05) is 20.3 Å². The van der Waals surface area contributed by atoms with E-state index in [1.165, 1.54) is 39.0 Å². The first-order chi connectivity index (χ1) is 24.0. The summed E-state index contributed by atoms with van der Waals surface area (Å²) in [7, 11) is -2.85. The molecule has 3 N–H and O–H groups in total. The third kappa shape index (κ3) is 7.64. The standard InChI is InChI=1S/C34H45F4N5O8S/c1-19-16-33(19,29(46)42-52(47,48)32(18-35)11-12-32)41-26(44)25-15-23(50-27-24-9-8-22(49-7)14-21(24)10-13-39-27)17-43(25)28(45)20(2)40-31(5,6)51-30(3,4)34(36,37)38/h8-10,13-14,19-20,23,25,40H,11-12,15-18H2,1-7H3,(H,41,44)(H,42,46). The van der Waals surface area contributed by atoms with Gasteiger partial charge in [0.2, 0.25) is 27.7 Å². The second-order valence-electron chi connectivity index (χ2n) is 15.0. The predicted molar refractivity (Wildman–Crippen MR) is 180 cm³/mol. The first kappa shape index (κ1) is 39.4. The third-order valence-corrected chi connectivity index (χ3v) is 12.2. The fraction of sp³-hybridized carbons (Fsp3) is 0.647. The van der Waals surface area contributed by atoms with Crippen molar-refractivity contribution in [2.45, 2.75) is 113 Å². The number of halogens is 4. The van der Waals surface area contributed by atoms with E-state index in [1.54, 1.807) is 31.2 Å². The summed E-state index contributed by atoms with van der Waals surface area (Å²) in [6, 6.07) is 4.57. The molecule has 2 aliphatic carbocycles. The largest absolute Gasteiger partial charge is 0.497 e. The maximum atomic E-state index is 14.0. The van der Waals surface area contributed by atoms with Crippen LogP contribution >= 0.6 is 0 Å². The van der Waals surface area contributed by atoms with Gasteiger partial charge in [0.05, 0.1) is 19.7 Å². The van der Waals surface area contributed by atoms with Gasteiger partial charge in [-0.05, 0) is 89.5 Å². The lowest BCUT2D eigenvalue weighted by atomic mass is 10.1. The van der Waals surface area contributed by atoms with Gasteiger partial charge in [0.25, 0.3) is 5.91 Å².